The van der Waals surface area contributed by atoms with Crippen molar-refractivity contribution in [2.45, 2.75) is 6.92 Å². The molecule has 0 fully saturated rings. The predicted octanol–water partition coefficient (Wildman–Crippen LogP) is 3.61. The van der Waals surface area contributed by atoms with Crippen molar-refractivity contribution >= 4 is 34.1 Å². The van der Waals surface area contributed by atoms with E-state index >= 15 is 0 Å². The molecule has 1 N–H and O–H groups in total. The number of anilines is 1. The SMILES string of the molecule is Cc1c(C(=O)Nc2cnc(-n3nccn3)c(Cl)c2)cnn1-c1cccc2ncccc12. The van der Waals surface area contributed by atoms with E-state index in [-0.39, 0.29) is 5.91 Å². The van der Waals surface area contributed by atoms with Gasteiger partial charge in [-0.1, -0.05) is 17.7 Å². The molecule has 0 bridgehead atoms. The molecule has 5 rings (SSSR count). The first-order chi connectivity index (χ1) is 15.1. The van der Waals surface area contributed by atoms with E-state index in [2.05, 4.69) is 30.6 Å². The zero-order valence-corrected chi connectivity index (χ0v) is 17.0. The Labute approximate surface area is 181 Å². The summed E-state index contributed by atoms with van der Waals surface area (Å²) in [6.07, 6.45) is 7.84. The van der Waals surface area contributed by atoms with E-state index in [9.17, 15) is 4.79 Å². The molecular weight excluding hydrogens is 416 g/mol. The van der Waals surface area contributed by atoms with Gasteiger partial charge in [-0.15, -0.1) is 4.80 Å². The van der Waals surface area contributed by atoms with E-state index < -0.39 is 0 Å². The fourth-order valence-corrected chi connectivity index (χ4v) is 3.56. The third-order valence-corrected chi connectivity index (χ3v) is 5.07. The number of carbonyl (C=O) groups is 1. The number of nitrogens with zero attached hydrogens (tertiary/aromatic N) is 7. The molecule has 0 spiro atoms. The number of benzene rings is 1. The van der Waals surface area contributed by atoms with Crippen LogP contribution in [0.15, 0.2) is 67.4 Å². The van der Waals surface area contributed by atoms with E-state index in [4.69, 9.17) is 11.6 Å². The molecule has 5 aromatic rings. The summed E-state index contributed by atoms with van der Waals surface area (Å²) in [5.74, 6) is 0.0585. The Kier molecular flexibility index (Phi) is 4.64. The van der Waals surface area contributed by atoms with Crippen LogP contribution < -0.4 is 5.32 Å². The lowest BCUT2D eigenvalue weighted by molar-refractivity contribution is 0.102. The van der Waals surface area contributed by atoms with Crippen molar-refractivity contribution in [2.75, 3.05) is 5.32 Å². The summed E-state index contributed by atoms with van der Waals surface area (Å²) in [5.41, 5.74) is 3.30. The van der Waals surface area contributed by atoms with Gasteiger partial charge in [-0.3, -0.25) is 9.78 Å². The normalized spacial score (nSPS) is 11.0. The molecule has 31 heavy (non-hydrogen) atoms. The quantitative estimate of drug-likeness (QED) is 0.467. The van der Waals surface area contributed by atoms with E-state index in [0.29, 0.717) is 27.8 Å². The lowest BCUT2D eigenvalue weighted by atomic mass is 10.1. The minimum Gasteiger partial charge on any atom is -0.320 e. The van der Waals surface area contributed by atoms with Gasteiger partial charge in [0, 0.05) is 11.6 Å². The summed E-state index contributed by atoms with van der Waals surface area (Å²) in [6.45, 7) is 1.84. The van der Waals surface area contributed by atoms with Crippen molar-refractivity contribution in [3.05, 3.63) is 83.7 Å². The van der Waals surface area contributed by atoms with Gasteiger partial charge < -0.3 is 5.32 Å². The largest absolute Gasteiger partial charge is 0.320 e. The molecule has 0 saturated heterocycles. The van der Waals surface area contributed by atoms with E-state index in [1.54, 1.807) is 16.9 Å². The van der Waals surface area contributed by atoms with E-state index in [1.165, 1.54) is 29.6 Å². The topological polar surface area (TPSA) is 103 Å². The lowest BCUT2D eigenvalue weighted by Crippen LogP contribution is -2.14. The molecular formula is C21H15ClN8O. The van der Waals surface area contributed by atoms with Gasteiger partial charge in [-0.05, 0) is 37.3 Å². The van der Waals surface area contributed by atoms with Crippen LogP contribution in [0.25, 0.3) is 22.4 Å². The minimum atomic E-state index is -0.315. The number of carbonyl (C=O) groups excluding carboxylic acids is 1. The van der Waals surface area contributed by atoms with Crippen molar-refractivity contribution in [3.8, 4) is 11.5 Å². The Balaban J connectivity index is 1.44. The number of rotatable bonds is 4. The number of nitrogens with one attached hydrogen (secondary N) is 1. The highest BCUT2D eigenvalue weighted by atomic mass is 35.5. The van der Waals surface area contributed by atoms with Gasteiger partial charge in [0.15, 0.2) is 5.82 Å². The number of hydrogen-bond acceptors (Lipinski definition) is 6. The molecule has 0 radical (unpaired) electrons. The van der Waals surface area contributed by atoms with Gasteiger partial charge in [0.1, 0.15) is 0 Å². The van der Waals surface area contributed by atoms with Gasteiger partial charge in [0.2, 0.25) is 0 Å². The van der Waals surface area contributed by atoms with Crippen LogP contribution in [0.2, 0.25) is 5.02 Å². The van der Waals surface area contributed by atoms with Crippen LogP contribution in [0.5, 0.6) is 0 Å². The molecule has 0 saturated carbocycles. The first-order valence-electron chi connectivity index (χ1n) is 9.34. The number of amides is 1. The van der Waals surface area contributed by atoms with Crippen LogP contribution in [0.3, 0.4) is 0 Å². The molecule has 0 aliphatic carbocycles. The van der Waals surface area contributed by atoms with Crippen LogP contribution in [0, 0.1) is 6.92 Å². The lowest BCUT2D eigenvalue weighted by Gasteiger charge is -2.09. The van der Waals surface area contributed by atoms with E-state index in [0.717, 1.165) is 16.6 Å². The summed E-state index contributed by atoms with van der Waals surface area (Å²) in [5, 5.41) is 16.5. The summed E-state index contributed by atoms with van der Waals surface area (Å²) < 4.78 is 1.73. The van der Waals surface area contributed by atoms with Gasteiger partial charge >= 0.3 is 0 Å². The second-order valence-corrected chi connectivity index (χ2v) is 7.11. The first kappa shape index (κ1) is 18.9. The summed E-state index contributed by atoms with van der Waals surface area (Å²) in [6, 6.07) is 11.2. The Bertz CT molecular complexity index is 1410. The molecule has 152 valence electrons. The average Bonchev–Trinajstić information content (AvgIpc) is 3.43. The fraction of sp³-hybridized carbons (Fsp3) is 0.0476. The standard InChI is InChI=1S/C21H15ClN8O/c1-13-16(12-27-29(13)19-6-2-5-18-15(19)4-3-7-23-18)21(31)28-14-10-17(22)20(24-11-14)30-25-8-9-26-30/h2-12H,1H3,(H,28,31). The highest BCUT2D eigenvalue weighted by molar-refractivity contribution is 6.32. The average molecular weight is 431 g/mol. The van der Waals surface area contributed by atoms with Crippen molar-refractivity contribution in [1.82, 2.24) is 34.7 Å². The molecule has 10 heteroatoms. The number of hydrogen-bond donors (Lipinski definition) is 1. The smallest absolute Gasteiger partial charge is 0.259 e. The van der Waals surface area contributed by atoms with Crippen molar-refractivity contribution in [3.63, 3.8) is 0 Å². The minimum absolute atomic E-state index is 0.310. The summed E-state index contributed by atoms with van der Waals surface area (Å²) >= 11 is 6.28. The zero-order chi connectivity index (χ0) is 21.4. The zero-order valence-electron chi connectivity index (χ0n) is 16.3. The molecule has 0 aliphatic heterocycles. The highest BCUT2D eigenvalue weighted by Gasteiger charge is 2.17. The Morgan fingerprint density at radius 1 is 1.00 bits per heavy atom. The number of halogens is 1. The van der Waals surface area contributed by atoms with Crippen molar-refractivity contribution < 1.29 is 4.79 Å². The maximum absolute atomic E-state index is 12.9. The predicted molar refractivity (Wildman–Crippen MR) is 116 cm³/mol. The number of pyridine rings is 2. The third-order valence-electron chi connectivity index (χ3n) is 4.79. The third kappa shape index (κ3) is 3.40. The van der Waals surface area contributed by atoms with Gasteiger partial charge in [0.05, 0.1) is 58.0 Å². The Morgan fingerprint density at radius 3 is 2.65 bits per heavy atom. The van der Waals surface area contributed by atoms with Gasteiger partial charge in [-0.2, -0.15) is 15.3 Å². The van der Waals surface area contributed by atoms with Gasteiger partial charge in [0.25, 0.3) is 5.91 Å². The second-order valence-electron chi connectivity index (χ2n) is 6.70. The van der Waals surface area contributed by atoms with Gasteiger partial charge in [-0.25, -0.2) is 9.67 Å². The number of fused-ring (bicyclic) bond motifs is 1. The molecule has 1 amide bonds. The van der Waals surface area contributed by atoms with Crippen LogP contribution in [0.4, 0.5) is 5.69 Å². The Hall–Kier alpha value is -4.11. The molecule has 9 nitrogen and oxygen atoms in total. The highest BCUT2D eigenvalue weighted by Crippen LogP contribution is 2.24. The molecule has 0 unspecified atom stereocenters. The molecule has 4 aromatic heterocycles. The fourth-order valence-electron chi connectivity index (χ4n) is 3.32. The number of aromatic nitrogens is 7. The van der Waals surface area contributed by atoms with Crippen molar-refractivity contribution in [1.29, 1.82) is 0 Å². The van der Waals surface area contributed by atoms with Crippen LogP contribution >= 0.6 is 11.6 Å². The monoisotopic (exact) mass is 430 g/mol. The molecule has 4 heterocycles. The second kappa shape index (κ2) is 7.62. The van der Waals surface area contributed by atoms with Crippen LogP contribution in [0.1, 0.15) is 16.1 Å². The molecule has 0 atom stereocenters. The maximum Gasteiger partial charge on any atom is 0.259 e. The van der Waals surface area contributed by atoms with Crippen LogP contribution in [-0.2, 0) is 0 Å². The van der Waals surface area contributed by atoms with Crippen LogP contribution in [-0.4, -0.2) is 40.6 Å². The maximum atomic E-state index is 12.9. The van der Waals surface area contributed by atoms with Crippen molar-refractivity contribution in [2.24, 2.45) is 0 Å². The first-order valence-corrected chi connectivity index (χ1v) is 9.72. The molecule has 0 aliphatic rings. The molecule has 1 aromatic carbocycles. The van der Waals surface area contributed by atoms with E-state index in [1.807, 2.05) is 37.3 Å². The Morgan fingerprint density at radius 2 is 1.84 bits per heavy atom. The summed E-state index contributed by atoms with van der Waals surface area (Å²) in [7, 11) is 0. The summed E-state index contributed by atoms with van der Waals surface area (Å²) in [4.78, 5) is 22.8.